The first-order chi connectivity index (χ1) is 11.7. The normalized spacial score (nSPS) is 30.5. The van der Waals surface area contributed by atoms with Gasteiger partial charge in [-0.05, 0) is 24.1 Å². The Morgan fingerprint density at radius 1 is 1.08 bits per heavy atom. The Kier molecular flexibility index (Phi) is 5.93. The predicted molar refractivity (Wildman–Crippen MR) is 80.7 cm³/mol. The number of rotatable bonds is 6. The molecule has 1 saturated heterocycles. The zero-order valence-electron chi connectivity index (χ0n) is 12.9. The molecule has 1 aliphatic heterocycles. The molecule has 1 fully saturated rings. The van der Waals surface area contributed by atoms with Crippen LogP contribution in [0.15, 0.2) is 24.3 Å². The van der Waals surface area contributed by atoms with Crippen LogP contribution in [-0.4, -0.2) is 74.2 Å². The maximum absolute atomic E-state index is 11.0. The van der Waals surface area contributed by atoms with E-state index in [0.717, 1.165) is 0 Å². The van der Waals surface area contributed by atoms with Gasteiger partial charge in [-0.2, -0.15) is 0 Å². The van der Waals surface area contributed by atoms with Gasteiger partial charge in [-0.25, -0.2) is 4.79 Å². The summed E-state index contributed by atoms with van der Waals surface area (Å²) in [6, 6.07) is 4.95. The molecule has 0 spiro atoms. The largest absolute Gasteiger partial charge is 0.480 e. The lowest BCUT2D eigenvalue weighted by Crippen LogP contribution is -2.61. The third kappa shape index (κ3) is 4.44. The number of hydrogen-bond acceptors (Lipinski definition) is 8. The topological polar surface area (TPSA) is 180 Å². The summed E-state index contributed by atoms with van der Waals surface area (Å²) in [5.41, 5.74) is 6.07. The molecule has 0 aromatic heterocycles. The van der Waals surface area contributed by atoms with E-state index in [4.69, 9.17) is 25.4 Å². The minimum absolute atomic E-state index is 0.101. The van der Waals surface area contributed by atoms with Crippen molar-refractivity contribution in [2.24, 2.45) is 5.73 Å². The van der Waals surface area contributed by atoms with E-state index in [9.17, 15) is 24.9 Å². The molecule has 138 valence electrons. The number of carboxylic acid groups (broad SMARTS) is 2. The molecule has 1 unspecified atom stereocenters. The molecule has 0 aliphatic carbocycles. The van der Waals surface area contributed by atoms with Gasteiger partial charge >= 0.3 is 11.9 Å². The fourth-order valence-corrected chi connectivity index (χ4v) is 2.33. The lowest BCUT2D eigenvalue weighted by atomic mass is 9.99. The molecule has 1 aromatic carbocycles. The number of aliphatic hydroxyl groups is 3. The van der Waals surface area contributed by atoms with Gasteiger partial charge in [0.15, 0.2) is 6.10 Å². The zero-order chi connectivity index (χ0) is 18.7. The van der Waals surface area contributed by atoms with Crippen LogP contribution in [0.1, 0.15) is 5.56 Å². The highest BCUT2D eigenvalue weighted by atomic mass is 16.7. The van der Waals surface area contributed by atoms with Crippen LogP contribution in [-0.2, 0) is 20.7 Å². The van der Waals surface area contributed by atoms with Gasteiger partial charge in [-0.3, -0.25) is 4.79 Å². The van der Waals surface area contributed by atoms with Gasteiger partial charge in [0.05, 0.1) is 0 Å². The monoisotopic (exact) mass is 357 g/mol. The summed E-state index contributed by atoms with van der Waals surface area (Å²) in [6.07, 6.45) is -8.38. The Bertz CT molecular complexity index is 620. The molecule has 0 saturated carbocycles. The zero-order valence-corrected chi connectivity index (χ0v) is 12.9. The Hall–Kier alpha value is -2.24. The molecule has 1 aliphatic rings. The maximum Gasteiger partial charge on any atom is 0.335 e. The molecule has 1 aromatic rings. The van der Waals surface area contributed by atoms with Gasteiger partial charge in [0.1, 0.15) is 30.1 Å². The molecule has 25 heavy (non-hydrogen) atoms. The average Bonchev–Trinajstić information content (AvgIpc) is 2.56. The number of aliphatic carboxylic acids is 2. The fraction of sp³-hybridized carbons (Fsp3) is 0.467. The molecule has 1 heterocycles. The summed E-state index contributed by atoms with van der Waals surface area (Å²) < 4.78 is 10.3. The molecule has 10 heteroatoms. The maximum atomic E-state index is 11.0. The Labute approximate surface area is 142 Å². The van der Waals surface area contributed by atoms with Crippen LogP contribution in [0.5, 0.6) is 5.75 Å². The van der Waals surface area contributed by atoms with E-state index < -0.39 is 48.7 Å². The van der Waals surface area contributed by atoms with E-state index in [-0.39, 0.29) is 12.2 Å². The van der Waals surface area contributed by atoms with Crippen molar-refractivity contribution in [1.29, 1.82) is 0 Å². The van der Waals surface area contributed by atoms with Crippen molar-refractivity contribution in [3.63, 3.8) is 0 Å². The van der Waals surface area contributed by atoms with Crippen LogP contribution in [0.4, 0.5) is 0 Å². The highest BCUT2D eigenvalue weighted by Gasteiger charge is 2.48. The first kappa shape index (κ1) is 19.1. The first-order valence-corrected chi connectivity index (χ1v) is 7.37. The summed E-state index contributed by atoms with van der Waals surface area (Å²) in [6.45, 7) is 0. The Balaban J connectivity index is 2.05. The average molecular weight is 357 g/mol. The van der Waals surface area contributed by atoms with Crippen molar-refractivity contribution in [2.75, 3.05) is 0 Å². The molecule has 6 atom stereocenters. The van der Waals surface area contributed by atoms with E-state index >= 15 is 0 Å². The van der Waals surface area contributed by atoms with E-state index in [1.807, 2.05) is 0 Å². The number of nitrogens with two attached hydrogens (primary N) is 1. The number of aliphatic hydroxyl groups excluding tert-OH is 3. The first-order valence-electron chi connectivity index (χ1n) is 7.37. The Morgan fingerprint density at radius 2 is 1.68 bits per heavy atom. The van der Waals surface area contributed by atoms with Crippen molar-refractivity contribution in [2.45, 2.75) is 43.2 Å². The molecule has 2 rings (SSSR count). The SMILES string of the molecule is N[C@@H](Cc1ccc(OC2O[C@H](C(=O)O)[C@@H](O)[C@H](O)[C@H]2O)cc1)C(=O)O. The van der Waals surface area contributed by atoms with E-state index in [2.05, 4.69) is 0 Å². The lowest BCUT2D eigenvalue weighted by Gasteiger charge is -2.38. The summed E-state index contributed by atoms with van der Waals surface area (Å²) in [4.78, 5) is 21.8. The minimum Gasteiger partial charge on any atom is -0.480 e. The number of carboxylic acids is 2. The van der Waals surface area contributed by atoms with Crippen LogP contribution in [0.2, 0.25) is 0 Å². The van der Waals surface area contributed by atoms with Crippen molar-refractivity contribution in [3.8, 4) is 5.75 Å². The van der Waals surface area contributed by atoms with Gasteiger partial charge in [0.2, 0.25) is 6.29 Å². The summed E-state index contributed by atoms with van der Waals surface area (Å²) >= 11 is 0. The van der Waals surface area contributed by atoms with Crippen molar-refractivity contribution >= 4 is 11.9 Å². The van der Waals surface area contributed by atoms with Gasteiger partial charge in [-0.15, -0.1) is 0 Å². The smallest absolute Gasteiger partial charge is 0.335 e. The second-order valence-corrected chi connectivity index (χ2v) is 5.65. The molecular weight excluding hydrogens is 338 g/mol. The summed E-state index contributed by atoms with van der Waals surface area (Å²) in [7, 11) is 0. The molecule has 10 nitrogen and oxygen atoms in total. The fourth-order valence-electron chi connectivity index (χ4n) is 2.33. The molecule has 0 bridgehead atoms. The van der Waals surface area contributed by atoms with Crippen molar-refractivity contribution in [1.82, 2.24) is 0 Å². The van der Waals surface area contributed by atoms with E-state index in [1.54, 1.807) is 12.1 Å². The van der Waals surface area contributed by atoms with Crippen LogP contribution in [0.3, 0.4) is 0 Å². The predicted octanol–water partition coefficient (Wildman–Crippen LogP) is -2.09. The van der Waals surface area contributed by atoms with Crippen molar-refractivity contribution < 1.29 is 44.6 Å². The number of carbonyl (C=O) groups is 2. The highest BCUT2D eigenvalue weighted by molar-refractivity contribution is 5.73. The second kappa shape index (κ2) is 7.76. The summed E-state index contributed by atoms with van der Waals surface area (Å²) in [5.74, 6) is -2.46. The van der Waals surface area contributed by atoms with Crippen LogP contribution >= 0.6 is 0 Å². The third-order valence-corrected chi connectivity index (χ3v) is 3.76. The number of hydrogen-bond donors (Lipinski definition) is 6. The van der Waals surface area contributed by atoms with Gasteiger partial charge in [-0.1, -0.05) is 12.1 Å². The standard InChI is InChI=1S/C15H19NO9/c16-8(13(20)21)5-6-1-3-7(4-2-6)24-15-11(19)9(17)10(18)12(25-15)14(22)23/h1-4,8-12,15,17-19H,5,16H2,(H,20,21)(H,22,23)/t8-,9-,10-,11+,12-,15?/m0/s1. The lowest BCUT2D eigenvalue weighted by molar-refractivity contribution is -0.271. The van der Waals surface area contributed by atoms with E-state index in [1.165, 1.54) is 12.1 Å². The molecule has 7 N–H and O–H groups in total. The molecule has 0 amide bonds. The Morgan fingerprint density at radius 3 is 2.20 bits per heavy atom. The van der Waals surface area contributed by atoms with Crippen LogP contribution in [0, 0.1) is 0 Å². The van der Waals surface area contributed by atoms with Crippen LogP contribution in [0.25, 0.3) is 0 Å². The number of ether oxygens (including phenoxy) is 2. The van der Waals surface area contributed by atoms with Gasteiger partial charge < -0.3 is 40.7 Å². The minimum atomic E-state index is -1.80. The van der Waals surface area contributed by atoms with Crippen molar-refractivity contribution in [3.05, 3.63) is 29.8 Å². The quantitative estimate of drug-likeness (QED) is 0.330. The molecule has 0 radical (unpaired) electrons. The number of benzene rings is 1. The second-order valence-electron chi connectivity index (χ2n) is 5.65. The van der Waals surface area contributed by atoms with Gasteiger partial charge in [0, 0.05) is 0 Å². The highest BCUT2D eigenvalue weighted by Crippen LogP contribution is 2.25. The third-order valence-electron chi connectivity index (χ3n) is 3.76. The van der Waals surface area contributed by atoms with E-state index in [0.29, 0.717) is 5.56 Å². The van der Waals surface area contributed by atoms with Crippen LogP contribution < -0.4 is 10.5 Å². The molecular formula is C15H19NO9. The van der Waals surface area contributed by atoms with Gasteiger partial charge in [0.25, 0.3) is 0 Å². The summed E-state index contributed by atoms with van der Waals surface area (Å²) in [5, 5.41) is 46.9.